The van der Waals surface area contributed by atoms with Gasteiger partial charge in [0.2, 0.25) is 5.60 Å². The fraction of sp³-hybridized carbons (Fsp3) is 0.214. The van der Waals surface area contributed by atoms with Gasteiger partial charge in [-0.3, -0.25) is 0 Å². The number of ether oxygens (including phenoxy) is 3. The lowest BCUT2D eigenvalue weighted by Gasteiger charge is -2.27. The monoisotopic (exact) mass is 476 g/mol. The highest BCUT2D eigenvalue weighted by molar-refractivity contribution is 5.87. The van der Waals surface area contributed by atoms with Crippen LogP contribution in [0.25, 0.3) is 6.08 Å². The molecule has 0 amide bonds. The normalized spacial score (nSPS) is 12.2. The summed E-state index contributed by atoms with van der Waals surface area (Å²) in [5.41, 5.74) is -0.714. The Hall–Kier alpha value is -3.94. The number of esters is 2. The van der Waals surface area contributed by atoms with E-state index in [1.54, 1.807) is 97.9 Å². The van der Waals surface area contributed by atoms with Gasteiger partial charge in [-0.05, 0) is 30.2 Å². The number of aliphatic hydroxyl groups excluding tert-OH is 1. The molecule has 0 aliphatic carbocycles. The zero-order valence-electron chi connectivity index (χ0n) is 19.4. The van der Waals surface area contributed by atoms with E-state index >= 15 is 0 Å². The summed E-state index contributed by atoms with van der Waals surface area (Å²) in [6.45, 7) is 1.43. The second-order valence-electron chi connectivity index (χ2n) is 7.63. The fourth-order valence-electron chi connectivity index (χ4n) is 3.37. The van der Waals surface area contributed by atoms with Crippen molar-refractivity contribution >= 4 is 18.0 Å². The van der Waals surface area contributed by atoms with Crippen molar-refractivity contribution in [3.8, 4) is 5.75 Å². The molecule has 0 saturated heterocycles. The quantitative estimate of drug-likeness (QED) is 0.323. The Kier molecular flexibility index (Phi) is 9.17. The molecule has 0 spiro atoms. The molecule has 182 valence electrons. The summed E-state index contributed by atoms with van der Waals surface area (Å²) in [6, 6.07) is 23.9. The maximum atomic E-state index is 13.0. The van der Waals surface area contributed by atoms with Crippen LogP contribution in [-0.4, -0.2) is 48.1 Å². The van der Waals surface area contributed by atoms with E-state index in [2.05, 4.69) is 0 Å². The number of aliphatic hydroxyl groups is 2. The number of para-hydroxylation sites is 1. The average molecular weight is 477 g/mol. The van der Waals surface area contributed by atoms with Crippen LogP contribution in [0.2, 0.25) is 0 Å². The Bertz CT molecular complexity index is 1090. The third kappa shape index (κ3) is 6.79. The molecule has 7 heteroatoms. The molecular formula is C28H28O7. The second-order valence-corrected chi connectivity index (χ2v) is 7.63. The van der Waals surface area contributed by atoms with Gasteiger partial charge in [0, 0.05) is 11.6 Å². The van der Waals surface area contributed by atoms with Crippen LogP contribution >= 0.6 is 0 Å². The fourth-order valence-corrected chi connectivity index (χ4v) is 3.37. The minimum Gasteiger partial charge on any atom is -0.490 e. The molecule has 0 aliphatic rings. The van der Waals surface area contributed by atoms with Gasteiger partial charge in [0.1, 0.15) is 25.1 Å². The molecule has 1 unspecified atom stereocenters. The smallest absolute Gasteiger partial charge is 0.347 e. The zero-order chi connectivity index (χ0) is 25.1. The first-order chi connectivity index (χ1) is 16.9. The Labute approximate surface area is 204 Å². The maximum absolute atomic E-state index is 13.0. The number of hydrogen-bond donors (Lipinski definition) is 2. The Morgan fingerprint density at radius 1 is 0.857 bits per heavy atom. The molecule has 2 N–H and O–H groups in total. The molecule has 3 aromatic carbocycles. The first-order valence-corrected chi connectivity index (χ1v) is 11.2. The molecule has 0 bridgehead atoms. The van der Waals surface area contributed by atoms with Gasteiger partial charge in [-0.1, -0.05) is 78.9 Å². The predicted molar refractivity (Wildman–Crippen MR) is 130 cm³/mol. The van der Waals surface area contributed by atoms with E-state index < -0.39 is 23.6 Å². The first kappa shape index (κ1) is 25.7. The van der Waals surface area contributed by atoms with Crippen LogP contribution in [0.4, 0.5) is 0 Å². The minimum absolute atomic E-state index is 0.174. The van der Waals surface area contributed by atoms with E-state index in [4.69, 9.17) is 14.2 Å². The van der Waals surface area contributed by atoms with Gasteiger partial charge in [-0.15, -0.1) is 0 Å². The summed E-state index contributed by atoms with van der Waals surface area (Å²) in [6.07, 6.45) is 1.69. The summed E-state index contributed by atoms with van der Waals surface area (Å²) in [4.78, 5) is 24.6. The van der Waals surface area contributed by atoms with E-state index in [0.717, 1.165) is 0 Å². The van der Waals surface area contributed by atoms with Crippen molar-refractivity contribution in [1.29, 1.82) is 0 Å². The van der Waals surface area contributed by atoms with E-state index in [9.17, 15) is 19.8 Å². The van der Waals surface area contributed by atoms with Crippen LogP contribution in [0.15, 0.2) is 91.0 Å². The highest BCUT2D eigenvalue weighted by atomic mass is 16.6. The van der Waals surface area contributed by atoms with Crippen LogP contribution in [0, 0.1) is 0 Å². The molecule has 0 heterocycles. The third-order valence-corrected chi connectivity index (χ3v) is 5.12. The maximum Gasteiger partial charge on any atom is 0.347 e. The summed E-state index contributed by atoms with van der Waals surface area (Å²) in [5, 5.41) is 21.8. The van der Waals surface area contributed by atoms with E-state index in [1.807, 2.05) is 0 Å². The summed E-state index contributed by atoms with van der Waals surface area (Å²) < 4.78 is 15.9. The second kappa shape index (κ2) is 12.5. The van der Waals surface area contributed by atoms with Crippen molar-refractivity contribution in [3.63, 3.8) is 0 Å². The summed E-state index contributed by atoms with van der Waals surface area (Å²) >= 11 is 0. The van der Waals surface area contributed by atoms with Crippen LogP contribution in [0.1, 0.15) is 23.6 Å². The molecule has 0 aliphatic heterocycles. The van der Waals surface area contributed by atoms with Gasteiger partial charge >= 0.3 is 11.9 Å². The number of carbonyl (C=O) groups is 2. The van der Waals surface area contributed by atoms with Crippen molar-refractivity contribution in [3.05, 3.63) is 108 Å². The molecule has 1 atom stereocenters. The van der Waals surface area contributed by atoms with Gasteiger partial charge in [-0.25, -0.2) is 9.59 Å². The lowest BCUT2D eigenvalue weighted by molar-refractivity contribution is -0.165. The van der Waals surface area contributed by atoms with Crippen LogP contribution in [0.5, 0.6) is 5.75 Å². The largest absolute Gasteiger partial charge is 0.490 e. The lowest BCUT2D eigenvalue weighted by Crippen LogP contribution is -2.40. The Balaban J connectivity index is 1.64. The number of rotatable bonds is 11. The minimum atomic E-state index is -2.03. The first-order valence-electron chi connectivity index (χ1n) is 11.2. The third-order valence-electron chi connectivity index (χ3n) is 5.12. The Morgan fingerprint density at radius 2 is 1.43 bits per heavy atom. The lowest BCUT2D eigenvalue weighted by atomic mass is 9.86. The van der Waals surface area contributed by atoms with E-state index in [0.29, 0.717) is 22.4 Å². The molecule has 0 saturated carbocycles. The van der Waals surface area contributed by atoms with Crippen molar-refractivity contribution in [2.24, 2.45) is 0 Å². The van der Waals surface area contributed by atoms with Gasteiger partial charge in [-0.2, -0.15) is 0 Å². The number of hydrogen-bond acceptors (Lipinski definition) is 7. The van der Waals surface area contributed by atoms with E-state index in [-0.39, 0.29) is 19.8 Å². The van der Waals surface area contributed by atoms with Crippen molar-refractivity contribution in [1.82, 2.24) is 0 Å². The van der Waals surface area contributed by atoms with E-state index in [1.165, 1.54) is 6.08 Å². The summed E-state index contributed by atoms with van der Waals surface area (Å²) in [7, 11) is 0. The van der Waals surface area contributed by atoms with Gasteiger partial charge in [0.05, 0.1) is 6.61 Å². The topological polar surface area (TPSA) is 102 Å². The van der Waals surface area contributed by atoms with Gasteiger partial charge in [0.15, 0.2) is 0 Å². The van der Waals surface area contributed by atoms with Gasteiger partial charge < -0.3 is 24.4 Å². The highest BCUT2D eigenvalue weighted by Crippen LogP contribution is 2.31. The number of carbonyl (C=O) groups excluding carboxylic acids is 2. The van der Waals surface area contributed by atoms with Crippen molar-refractivity contribution < 1.29 is 34.0 Å². The molecule has 3 aromatic rings. The molecule has 3 rings (SSSR count). The predicted octanol–water partition coefficient (Wildman–Crippen LogP) is 3.48. The molecule has 7 nitrogen and oxygen atoms in total. The average Bonchev–Trinajstić information content (AvgIpc) is 2.90. The zero-order valence-corrected chi connectivity index (χ0v) is 19.4. The molecule has 0 aromatic heterocycles. The summed E-state index contributed by atoms with van der Waals surface area (Å²) in [5.74, 6) is -0.950. The van der Waals surface area contributed by atoms with Gasteiger partial charge in [0.25, 0.3) is 0 Å². The standard InChI is InChI=1S/C28H28O7/c1-2-33-26(30)18-17-21-11-9-10-16-25(21)34-19-24(29)20-35-27(31)28(32,22-12-5-3-6-13-22)23-14-7-4-8-15-23/h3-18,24,29,32H,2,19-20H2,1H3/b18-17+. The van der Waals surface area contributed by atoms with Crippen molar-refractivity contribution in [2.45, 2.75) is 18.6 Å². The SMILES string of the molecule is CCOC(=O)/C=C/c1ccccc1OCC(O)COC(=O)C(O)(c1ccccc1)c1ccccc1. The number of benzene rings is 3. The van der Waals surface area contributed by atoms with Crippen LogP contribution in [0.3, 0.4) is 0 Å². The van der Waals surface area contributed by atoms with Crippen LogP contribution < -0.4 is 4.74 Å². The molecule has 0 fully saturated rings. The molecule has 0 radical (unpaired) electrons. The molecule has 35 heavy (non-hydrogen) atoms. The van der Waals surface area contributed by atoms with Crippen LogP contribution in [-0.2, 0) is 24.7 Å². The molecular weight excluding hydrogens is 448 g/mol. The Morgan fingerprint density at radius 3 is 2.03 bits per heavy atom. The van der Waals surface area contributed by atoms with Crippen molar-refractivity contribution in [2.75, 3.05) is 19.8 Å². The highest BCUT2D eigenvalue weighted by Gasteiger charge is 2.41.